The van der Waals surface area contributed by atoms with Crippen molar-refractivity contribution in [2.24, 2.45) is 0 Å². The molecule has 0 saturated heterocycles. The molecule has 6 heteroatoms. The van der Waals surface area contributed by atoms with Gasteiger partial charge in [0.05, 0.1) is 15.6 Å². The van der Waals surface area contributed by atoms with Crippen molar-refractivity contribution >= 4 is 34.8 Å². The topological polar surface area (TPSA) is 35.3 Å². The average Bonchev–Trinajstić information content (AvgIpc) is 3.41. The summed E-state index contributed by atoms with van der Waals surface area (Å²) in [6.07, 6.45) is 3.07. The summed E-state index contributed by atoms with van der Waals surface area (Å²) in [5, 5.41) is 6.06. The second-order valence-electron chi connectivity index (χ2n) is 6.64. The number of benzene rings is 2. The van der Waals surface area contributed by atoms with Gasteiger partial charge in [0.1, 0.15) is 23.8 Å². The molecule has 27 heavy (non-hydrogen) atoms. The minimum atomic E-state index is 0.314. The Balaban J connectivity index is 1.67. The van der Waals surface area contributed by atoms with E-state index in [4.69, 9.17) is 44.1 Å². The lowest BCUT2D eigenvalue weighted by atomic mass is 10.0. The van der Waals surface area contributed by atoms with Crippen LogP contribution in [0.4, 0.5) is 0 Å². The van der Waals surface area contributed by atoms with Crippen molar-refractivity contribution < 1.29 is 9.26 Å². The van der Waals surface area contributed by atoms with E-state index in [0.717, 1.165) is 36.1 Å². The number of aryl methyl sites for hydroxylation is 1. The molecule has 4 rings (SSSR count). The van der Waals surface area contributed by atoms with Crippen molar-refractivity contribution in [1.29, 1.82) is 0 Å². The maximum atomic E-state index is 6.39. The van der Waals surface area contributed by atoms with Crippen LogP contribution >= 0.6 is 34.8 Å². The first-order valence-electron chi connectivity index (χ1n) is 8.92. The van der Waals surface area contributed by atoms with Gasteiger partial charge in [-0.15, -0.1) is 0 Å². The van der Waals surface area contributed by atoms with Crippen LogP contribution in [0, 0.1) is 0 Å². The maximum absolute atomic E-state index is 6.39. The van der Waals surface area contributed by atoms with Crippen LogP contribution < -0.4 is 4.74 Å². The number of hydrogen-bond donors (Lipinski definition) is 0. The van der Waals surface area contributed by atoms with Gasteiger partial charge in [0.25, 0.3) is 0 Å². The van der Waals surface area contributed by atoms with Crippen molar-refractivity contribution in [3.05, 3.63) is 68.4 Å². The van der Waals surface area contributed by atoms with Crippen LogP contribution in [0.25, 0.3) is 11.3 Å². The Labute approximate surface area is 173 Å². The minimum Gasteiger partial charge on any atom is -0.489 e. The van der Waals surface area contributed by atoms with Crippen LogP contribution in [-0.4, -0.2) is 5.16 Å². The van der Waals surface area contributed by atoms with Crippen LogP contribution in [0.1, 0.15) is 42.6 Å². The molecule has 3 nitrogen and oxygen atoms in total. The summed E-state index contributed by atoms with van der Waals surface area (Å²) >= 11 is 19.1. The maximum Gasteiger partial charge on any atom is 0.147 e. The van der Waals surface area contributed by atoms with Gasteiger partial charge < -0.3 is 9.26 Å². The van der Waals surface area contributed by atoms with E-state index in [1.807, 2.05) is 24.3 Å². The number of hydrogen-bond acceptors (Lipinski definition) is 3. The van der Waals surface area contributed by atoms with Crippen LogP contribution in [0.15, 0.2) is 40.9 Å². The van der Waals surface area contributed by atoms with Gasteiger partial charge in [-0.1, -0.05) is 59.0 Å². The monoisotopic (exact) mass is 421 g/mol. The summed E-state index contributed by atoms with van der Waals surface area (Å²) in [4.78, 5) is 0. The van der Waals surface area contributed by atoms with E-state index >= 15 is 0 Å². The summed E-state index contributed by atoms with van der Waals surface area (Å²) < 4.78 is 11.7. The predicted molar refractivity (Wildman–Crippen MR) is 109 cm³/mol. The molecular formula is C21H18Cl3NO2. The highest BCUT2D eigenvalue weighted by Gasteiger charge is 2.33. The largest absolute Gasteiger partial charge is 0.489 e. The molecule has 1 aliphatic rings. The van der Waals surface area contributed by atoms with Gasteiger partial charge in [-0.05, 0) is 49.1 Å². The van der Waals surface area contributed by atoms with Gasteiger partial charge in [-0.3, -0.25) is 0 Å². The minimum absolute atomic E-state index is 0.314. The summed E-state index contributed by atoms with van der Waals surface area (Å²) in [6.45, 7) is 2.38. The average molecular weight is 423 g/mol. The quantitative estimate of drug-likeness (QED) is 0.417. The Hall–Kier alpha value is -1.68. The highest BCUT2D eigenvalue weighted by atomic mass is 35.5. The number of halogens is 3. The molecule has 0 radical (unpaired) electrons. The van der Waals surface area contributed by atoms with Gasteiger partial charge in [-0.2, -0.15) is 0 Å². The molecule has 0 bridgehead atoms. The molecule has 0 atom stereocenters. The van der Waals surface area contributed by atoms with Gasteiger partial charge in [-0.25, -0.2) is 0 Å². The van der Waals surface area contributed by atoms with Gasteiger partial charge >= 0.3 is 0 Å². The molecule has 0 unspecified atom stereocenters. The zero-order valence-corrected chi connectivity index (χ0v) is 17.0. The fourth-order valence-corrected chi connectivity index (χ4v) is 3.99. The third kappa shape index (κ3) is 3.82. The van der Waals surface area contributed by atoms with Gasteiger partial charge in [0.2, 0.25) is 0 Å². The lowest BCUT2D eigenvalue weighted by Crippen LogP contribution is -2.00. The molecule has 1 aliphatic carbocycles. The molecule has 0 aliphatic heterocycles. The number of nitrogens with zero attached hydrogens (tertiary/aromatic N) is 1. The Bertz CT molecular complexity index is 959. The molecule has 0 N–H and O–H groups in total. The first-order valence-corrected chi connectivity index (χ1v) is 10.1. The van der Waals surface area contributed by atoms with E-state index in [0.29, 0.717) is 44.6 Å². The van der Waals surface area contributed by atoms with E-state index in [1.54, 1.807) is 12.1 Å². The fourth-order valence-electron chi connectivity index (χ4n) is 3.11. The molecule has 1 saturated carbocycles. The van der Waals surface area contributed by atoms with E-state index in [-0.39, 0.29) is 0 Å². The van der Waals surface area contributed by atoms with Crippen molar-refractivity contribution in [3.8, 4) is 17.0 Å². The Morgan fingerprint density at radius 1 is 1.07 bits per heavy atom. The van der Waals surface area contributed by atoms with Crippen LogP contribution in [-0.2, 0) is 13.0 Å². The Morgan fingerprint density at radius 2 is 1.81 bits per heavy atom. The molecule has 2 aromatic carbocycles. The third-order valence-corrected chi connectivity index (χ3v) is 5.74. The number of ether oxygens (including phenoxy) is 1. The zero-order valence-electron chi connectivity index (χ0n) is 14.8. The molecule has 140 valence electrons. The molecular weight excluding hydrogens is 405 g/mol. The molecule has 1 fully saturated rings. The lowest BCUT2D eigenvalue weighted by molar-refractivity contribution is 0.300. The molecule has 1 aromatic heterocycles. The number of rotatable bonds is 6. The number of aromatic nitrogens is 1. The smallest absolute Gasteiger partial charge is 0.147 e. The third-order valence-electron chi connectivity index (χ3n) is 4.75. The van der Waals surface area contributed by atoms with E-state index in [1.165, 1.54) is 0 Å². The van der Waals surface area contributed by atoms with Crippen LogP contribution in [0.3, 0.4) is 0 Å². The van der Waals surface area contributed by atoms with E-state index in [9.17, 15) is 0 Å². The van der Waals surface area contributed by atoms with Crippen molar-refractivity contribution in [2.45, 2.75) is 38.7 Å². The van der Waals surface area contributed by atoms with Gasteiger partial charge in [0, 0.05) is 16.5 Å². The molecule has 0 spiro atoms. The van der Waals surface area contributed by atoms with E-state index in [2.05, 4.69) is 12.1 Å². The summed E-state index contributed by atoms with van der Waals surface area (Å²) in [5.41, 5.74) is 3.30. The van der Waals surface area contributed by atoms with Crippen molar-refractivity contribution in [2.75, 3.05) is 0 Å². The van der Waals surface area contributed by atoms with Crippen molar-refractivity contribution in [3.63, 3.8) is 0 Å². The normalized spacial score (nSPS) is 13.8. The zero-order chi connectivity index (χ0) is 19.0. The molecule has 0 amide bonds. The second-order valence-corrected chi connectivity index (χ2v) is 7.86. The summed E-state index contributed by atoms with van der Waals surface area (Å²) in [6, 6.07) is 11.1. The van der Waals surface area contributed by atoms with Gasteiger partial charge in [0.15, 0.2) is 0 Å². The first kappa shape index (κ1) is 18.7. The lowest BCUT2D eigenvalue weighted by Gasteiger charge is -2.10. The molecule has 3 aromatic rings. The Kier molecular flexibility index (Phi) is 5.36. The van der Waals surface area contributed by atoms with Crippen LogP contribution in [0.5, 0.6) is 5.75 Å². The second kappa shape index (κ2) is 7.75. The van der Waals surface area contributed by atoms with Crippen molar-refractivity contribution in [1.82, 2.24) is 5.16 Å². The van der Waals surface area contributed by atoms with Crippen LogP contribution in [0.2, 0.25) is 15.1 Å². The standard InChI is InChI=1S/C21H18Cl3NO2/c1-2-12-8-9-14(10-18(12)24)26-11-15-20(25-27-21(15)13-6-7-13)19-16(22)4-3-5-17(19)23/h3-5,8-10,13H,2,6-7,11H2,1H3. The van der Waals surface area contributed by atoms with E-state index < -0.39 is 0 Å². The summed E-state index contributed by atoms with van der Waals surface area (Å²) in [5.74, 6) is 1.95. The predicted octanol–water partition coefficient (Wildman–Crippen LogP) is 7.32. The first-order chi connectivity index (χ1) is 13.1. The fraction of sp³-hybridized carbons (Fsp3) is 0.286. The highest BCUT2D eigenvalue weighted by Crippen LogP contribution is 2.46. The highest BCUT2D eigenvalue weighted by molar-refractivity contribution is 6.39. The Morgan fingerprint density at radius 3 is 2.44 bits per heavy atom. The SMILES string of the molecule is CCc1ccc(OCc2c(-c3c(Cl)cccc3Cl)noc2C2CC2)cc1Cl. The summed E-state index contributed by atoms with van der Waals surface area (Å²) in [7, 11) is 0. The molecule has 1 heterocycles.